The predicted molar refractivity (Wildman–Crippen MR) is 91.1 cm³/mol. The van der Waals surface area contributed by atoms with Gasteiger partial charge in [-0.2, -0.15) is 8.42 Å². The SMILES string of the molecule is C=C(C)C(=O)OCCCN(C)CCC(=O)NC(C)(C)CS(=O)(=O)O. The molecule has 0 rings (SSSR count). The van der Waals surface area contributed by atoms with Crippen molar-refractivity contribution in [2.75, 3.05) is 32.5 Å². The highest BCUT2D eigenvalue weighted by molar-refractivity contribution is 7.85. The molecule has 9 heteroatoms. The molecule has 24 heavy (non-hydrogen) atoms. The smallest absolute Gasteiger partial charge is 0.333 e. The Kier molecular flexibility index (Phi) is 9.16. The van der Waals surface area contributed by atoms with Crippen molar-refractivity contribution in [2.24, 2.45) is 0 Å². The molecule has 140 valence electrons. The van der Waals surface area contributed by atoms with Crippen molar-refractivity contribution in [3.05, 3.63) is 12.2 Å². The molecule has 0 fully saturated rings. The van der Waals surface area contributed by atoms with Crippen molar-refractivity contribution < 1.29 is 27.3 Å². The van der Waals surface area contributed by atoms with E-state index in [0.717, 1.165) is 0 Å². The number of ether oxygens (including phenoxy) is 1. The summed E-state index contributed by atoms with van der Waals surface area (Å²) >= 11 is 0. The van der Waals surface area contributed by atoms with Crippen LogP contribution in [0.3, 0.4) is 0 Å². The van der Waals surface area contributed by atoms with Crippen LogP contribution in [-0.4, -0.2) is 67.8 Å². The summed E-state index contributed by atoms with van der Waals surface area (Å²) in [6, 6.07) is 0. The van der Waals surface area contributed by atoms with Gasteiger partial charge in [-0.15, -0.1) is 0 Å². The Labute approximate surface area is 144 Å². The molecule has 0 aliphatic heterocycles. The van der Waals surface area contributed by atoms with E-state index in [1.54, 1.807) is 6.92 Å². The van der Waals surface area contributed by atoms with Gasteiger partial charge in [0.1, 0.15) is 0 Å². The maximum Gasteiger partial charge on any atom is 0.333 e. The molecule has 0 aliphatic carbocycles. The largest absolute Gasteiger partial charge is 0.462 e. The number of carbonyl (C=O) groups excluding carboxylic acids is 2. The van der Waals surface area contributed by atoms with E-state index in [9.17, 15) is 18.0 Å². The molecule has 0 saturated carbocycles. The van der Waals surface area contributed by atoms with Crippen LogP contribution >= 0.6 is 0 Å². The second-order valence-electron chi connectivity index (χ2n) is 6.48. The monoisotopic (exact) mass is 364 g/mol. The van der Waals surface area contributed by atoms with Crippen LogP contribution in [0.25, 0.3) is 0 Å². The lowest BCUT2D eigenvalue weighted by molar-refractivity contribution is -0.139. The van der Waals surface area contributed by atoms with Gasteiger partial charge in [0.25, 0.3) is 10.1 Å². The molecule has 0 aliphatic rings. The minimum Gasteiger partial charge on any atom is -0.462 e. The fourth-order valence-electron chi connectivity index (χ4n) is 1.96. The highest BCUT2D eigenvalue weighted by Gasteiger charge is 2.26. The summed E-state index contributed by atoms with van der Waals surface area (Å²) in [6.07, 6.45) is 0.822. The van der Waals surface area contributed by atoms with Gasteiger partial charge in [-0.3, -0.25) is 9.35 Å². The normalized spacial score (nSPS) is 12.1. The van der Waals surface area contributed by atoms with Gasteiger partial charge in [0.05, 0.1) is 17.9 Å². The maximum absolute atomic E-state index is 11.8. The van der Waals surface area contributed by atoms with Crippen molar-refractivity contribution in [3.63, 3.8) is 0 Å². The summed E-state index contributed by atoms with van der Waals surface area (Å²) in [5.74, 6) is -1.27. The lowest BCUT2D eigenvalue weighted by atomic mass is 10.1. The average molecular weight is 364 g/mol. The quantitative estimate of drug-likeness (QED) is 0.239. The second kappa shape index (κ2) is 9.75. The van der Waals surface area contributed by atoms with Crippen molar-refractivity contribution in [1.29, 1.82) is 0 Å². The molecule has 0 unspecified atom stereocenters. The van der Waals surface area contributed by atoms with Crippen molar-refractivity contribution in [2.45, 2.75) is 39.2 Å². The molecule has 0 heterocycles. The maximum atomic E-state index is 11.8. The molecule has 0 aromatic carbocycles. The van der Waals surface area contributed by atoms with Crippen LogP contribution in [0.2, 0.25) is 0 Å². The minimum atomic E-state index is -4.16. The number of hydrogen-bond acceptors (Lipinski definition) is 6. The van der Waals surface area contributed by atoms with Gasteiger partial charge in [-0.1, -0.05) is 6.58 Å². The highest BCUT2D eigenvalue weighted by atomic mass is 32.2. The van der Waals surface area contributed by atoms with Crippen molar-refractivity contribution in [1.82, 2.24) is 10.2 Å². The van der Waals surface area contributed by atoms with Gasteiger partial charge >= 0.3 is 5.97 Å². The highest BCUT2D eigenvalue weighted by Crippen LogP contribution is 2.06. The third kappa shape index (κ3) is 12.0. The topological polar surface area (TPSA) is 113 Å². The number of hydrogen-bond donors (Lipinski definition) is 2. The molecule has 2 N–H and O–H groups in total. The lowest BCUT2D eigenvalue weighted by Crippen LogP contribution is -2.48. The van der Waals surface area contributed by atoms with Crippen LogP contribution in [0.5, 0.6) is 0 Å². The Morgan fingerprint density at radius 3 is 2.38 bits per heavy atom. The Bertz CT molecular complexity index is 556. The summed E-state index contributed by atoms with van der Waals surface area (Å²) in [7, 11) is -2.33. The summed E-state index contributed by atoms with van der Waals surface area (Å²) in [4.78, 5) is 24.9. The zero-order valence-electron chi connectivity index (χ0n) is 14.8. The van der Waals surface area contributed by atoms with E-state index in [4.69, 9.17) is 9.29 Å². The first-order chi connectivity index (χ1) is 10.8. The minimum absolute atomic E-state index is 0.191. The summed E-state index contributed by atoms with van der Waals surface area (Å²) in [5.41, 5.74) is -0.687. The van der Waals surface area contributed by atoms with E-state index in [1.807, 2.05) is 11.9 Å². The van der Waals surface area contributed by atoms with E-state index in [0.29, 0.717) is 25.1 Å². The number of rotatable bonds is 11. The van der Waals surface area contributed by atoms with Crippen LogP contribution in [0.15, 0.2) is 12.2 Å². The Morgan fingerprint density at radius 2 is 1.88 bits per heavy atom. The molecular weight excluding hydrogens is 336 g/mol. The van der Waals surface area contributed by atoms with Crippen molar-refractivity contribution in [3.8, 4) is 0 Å². The molecular formula is C15H28N2O6S. The zero-order chi connectivity index (χ0) is 19.0. The number of amides is 1. The average Bonchev–Trinajstić information content (AvgIpc) is 2.37. The number of carbonyl (C=O) groups is 2. The van der Waals surface area contributed by atoms with Gasteiger partial charge in [0.15, 0.2) is 0 Å². The molecule has 0 saturated heterocycles. The van der Waals surface area contributed by atoms with Crippen LogP contribution < -0.4 is 5.32 Å². The standard InChI is InChI=1S/C15H28N2O6S/c1-12(2)14(19)23-10-6-8-17(5)9-7-13(18)16-15(3,4)11-24(20,21)22/h1,6-11H2,2-5H3,(H,16,18)(H,20,21,22). The molecule has 0 bridgehead atoms. The number of nitrogens with zero attached hydrogens (tertiary/aromatic N) is 1. The molecule has 0 radical (unpaired) electrons. The first-order valence-electron chi connectivity index (χ1n) is 7.60. The predicted octanol–water partition coefficient (Wildman–Crippen LogP) is 0.600. The van der Waals surface area contributed by atoms with Crippen molar-refractivity contribution >= 4 is 22.0 Å². The van der Waals surface area contributed by atoms with Crippen LogP contribution in [0, 0.1) is 0 Å². The molecule has 0 aromatic rings. The van der Waals surface area contributed by atoms with E-state index >= 15 is 0 Å². The first kappa shape index (κ1) is 22.6. The van der Waals surface area contributed by atoms with E-state index in [1.165, 1.54) is 13.8 Å². The van der Waals surface area contributed by atoms with Crippen LogP contribution in [-0.2, 0) is 24.4 Å². The van der Waals surface area contributed by atoms with E-state index in [-0.39, 0.29) is 18.9 Å². The molecule has 8 nitrogen and oxygen atoms in total. The van der Waals surface area contributed by atoms with Crippen LogP contribution in [0.1, 0.15) is 33.6 Å². The fraction of sp³-hybridized carbons (Fsp3) is 0.733. The summed E-state index contributed by atoms with van der Waals surface area (Å²) in [5, 5.41) is 2.58. The van der Waals surface area contributed by atoms with Gasteiger partial charge in [0.2, 0.25) is 5.91 Å². The van der Waals surface area contributed by atoms with E-state index in [2.05, 4.69) is 11.9 Å². The number of esters is 1. The van der Waals surface area contributed by atoms with Gasteiger partial charge in [0, 0.05) is 25.1 Å². The van der Waals surface area contributed by atoms with Gasteiger partial charge < -0.3 is 15.0 Å². The molecule has 0 atom stereocenters. The molecule has 1 amide bonds. The zero-order valence-corrected chi connectivity index (χ0v) is 15.6. The fourth-order valence-corrected chi connectivity index (χ4v) is 2.94. The van der Waals surface area contributed by atoms with Crippen LogP contribution in [0.4, 0.5) is 0 Å². The first-order valence-corrected chi connectivity index (χ1v) is 9.21. The Hall–Kier alpha value is -1.45. The number of nitrogens with one attached hydrogen (secondary N) is 1. The molecule has 0 aromatic heterocycles. The van der Waals surface area contributed by atoms with Gasteiger partial charge in [-0.05, 0) is 34.2 Å². The lowest BCUT2D eigenvalue weighted by Gasteiger charge is -2.25. The Morgan fingerprint density at radius 1 is 1.29 bits per heavy atom. The second-order valence-corrected chi connectivity index (χ2v) is 7.93. The Balaban J connectivity index is 4.01. The summed E-state index contributed by atoms with van der Waals surface area (Å²) < 4.78 is 35.6. The van der Waals surface area contributed by atoms with E-state index < -0.39 is 27.4 Å². The molecule has 0 spiro atoms. The third-order valence-corrected chi connectivity index (χ3v) is 4.09. The third-order valence-electron chi connectivity index (χ3n) is 3.01. The summed E-state index contributed by atoms with van der Waals surface area (Å²) in [6.45, 7) is 9.52. The van der Waals surface area contributed by atoms with Gasteiger partial charge in [-0.25, -0.2) is 4.79 Å².